The van der Waals surface area contributed by atoms with E-state index in [1.807, 2.05) is 47.4 Å². The quantitative estimate of drug-likeness (QED) is 0.431. The molecule has 172 valence electrons. The summed E-state index contributed by atoms with van der Waals surface area (Å²) in [6.45, 7) is 1.97. The molecule has 1 aliphatic heterocycles. The molecule has 1 saturated heterocycles. The van der Waals surface area contributed by atoms with E-state index >= 15 is 0 Å². The molecule has 33 heavy (non-hydrogen) atoms. The smallest absolute Gasteiger partial charge is 0.128 e. The average Bonchev–Trinajstić information content (AvgIpc) is 3.30. The lowest BCUT2D eigenvalue weighted by Gasteiger charge is -2.36. The van der Waals surface area contributed by atoms with Gasteiger partial charge in [0.15, 0.2) is 0 Å². The number of piperidine rings is 1. The Kier molecular flexibility index (Phi) is 6.45. The summed E-state index contributed by atoms with van der Waals surface area (Å²) in [6.07, 6.45) is 0.627. The molecular formula is C24H26FN5O2S. The molecule has 1 unspecified atom stereocenters. The van der Waals surface area contributed by atoms with Crippen LogP contribution in [0, 0.1) is 0 Å². The second-order valence-electron chi connectivity index (χ2n) is 8.43. The van der Waals surface area contributed by atoms with E-state index in [0.29, 0.717) is 25.3 Å². The Morgan fingerprint density at radius 1 is 1.24 bits per heavy atom. The number of β-amino-alcohol motifs (C(OH)–C–C–N with tert-alkyl or cyclic N) is 1. The summed E-state index contributed by atoms with van der Waals surface area (Å²) in [5.74, 6) is 0.713. The number of rotatable bonds is 7. The van der Waals surface area contributed by atoms with Crippen LogP contribution in [-0.4, -0.2) is 63.5 Å². The van der Waals surface area contributed by atoms with Crippen molar-refractivity contribution < 1.29 is 14.2 Å². The second kappa shape index (κ2) is 9.64. The minimum atomic E-state index is -1.01. The van der Waals surface area contributed by atoms with E-state index in [0.717, 1.165) is 38.8 Å². The van der Waals surface area contributed by atoms with Crippen LogP contribution >= 0.6 is 11.5 Å². The second-order valence-corrected chi connectivity index (χ2v) is 9.21. The maximum Gasteiger partial charge on any atom is 0.128 e. The van der Waals surface area contributed by atoms with Gasteiger partial charge < -0.3 is 15.2 Å². The number of aliphatic hydroxyl groups excluding tert-OH is 1. The maximum atomic E-state index is 15.0. The van der Waals surface area contributed by atoms with Crippen LogP contribution in [0.1, 0.15) is 23.7 Å². The normalized spacial score (nSPS) is 20.3. The lowest BCUT2D eigenvalue weighted by molar-refractivity contribution is 0.0571. The van der Waals surface area contributed by atoms with Crippen LogP contribution in [0.5, 0.6) is 5.75 Å². The molecule has 3 heterocycles. The number of nitrogens with zero attached hydrogens (tertiary/aromatic N) is 4. The molecule has 0 amide bonds. The van der Waals surface area contributed by atoms with Gasteiger partial charge in [-0.25, -0.2) is 4.39 Å². The highest BCUT2D eigenvalue weighted by atomic mass is 32.1. The minimum absolute atomic E-state index is 0.214. The van der Waals surface area contributed by atoms with Crippen LogP contribution < -0.4 is 10.1 Å². The molecule has 4 aromatic rings. The van der Waals surface area contributed by atoms with E-state index in [4.69, 9.17) is 4.74 Å². The number of nitrogens with one attached hydrogen (secondary N) is 1. The van der Waals surface area contributed by atoms with Crippen LogP contribution in [0.3, 0.4) is 0 Å². The Labute approximate surface area is 195 Å². The maximum absolute atomic E-state index is 15.0. The van der Waals surface area contributed by atoms with Crippen LogP contribution in [0.2, 0.25) is 0 Å². The van der Waals surface area contributed by atoms with Gasteiger partial charge in [0.25, 0.3) is 0 Å². The predicted octanol–water partition coefficient (Wildman–Crippen LogP) is 3.48. The van der Waals surface area contributed by atoms with Crippen LogP contribution in [-0.2, 0) is 6.54 Å². The third-order valence-electron chi connectivity index (χ3n) is 6.28. The summed E-state index contributed by atoms with van der Waals surface area (Å²) in [6, 6.07) is 13.3. The Morgan fingerprint density at radius 3 is 3.00 bits per heavy atom. The van der Waals surface area contributed by atoms with Gasteiger partial charge in [-0.2, -0.15) is 0 Å². The number of alkyl halides is 1. The lowest BCUT2D eigenvalue weighted by atomic mass is 9.99. The summed E-state index contributed by atoms with van der Waals surface area (Å²) in [5.41, 5.74) is 3.52. The highest BCUT2D eigenvalue weighted by Crippen LogP contribution is 2.28. The summed E-state index contributed by atoms with van der Waals surface area (Å²) in [4.78, 5) is 6.37. The fourth-order valence-corrected chi connectivity index (χ4v) is 5.00. The fourth-order valence-electron chi connectivity index (χ4n) is 4.46. The Balaban J connectivity index is 1.19. The number of aliphatic hydroxyl groups is 1. The molecule has 2 aromatic carbocycles. The molecule has 5 rings (SSSR count). The van der Waals surface area contributed by atoms with Crippen LogP contribution in [0.25, 0.3) is 21.1 Å². The predicted molar refractivity (Wildman–Crippen MR) is 127 cm³/mol. The van der Waals surface area contributed by atoms with Gasteiger partial charge in [-0.15, -0.1) is 5.10 Å². The lowest BCUT2D eigenvalue weighted by Crippen LogP contribution is -2.51. The molecule has 2 aromatic heterocycles. The van der Waals surface area contributed by atoms with Crippen molar-refractivity contribution in [1.82, 2.24) is 24.8 Å². The van der Waals surface area contributed by atoms with E-state index < -0.39 is 12.3 Å². The van der Waals surface area contributed by atoms with Crippen molar-refractivity contribution >= 4 is 32.7 Å². The number of halogens is 1. The average molecular weight is 468 g/mol. The highest BCUT2D eigenvalue weighted by molar-refractivity contribution is 7.12. The van der Waals surface area contributed by atoms with Crippen LogP contribution in [0.4, 0.5) is 4.39 Å². The van der Waals surface area contributed by atoms with Crippen molar-refractivity contribution in [2.45, 2.75) is 31.3 Å². The molecule has 0 radical (unpaired) electrons. The molecule has 0 spiro atoms. The molecular weight excluding hydrogens is 441 g/mol. The Bertz CT molecular complexity index is 1250. The summed E-state index contributed by atoms with van der Waals surface area (Å²) < 4.78 is 25.3. The third kappa shape index (κ3) is 4.81. The Morgan fingerprint density at radius 2 is 2.15 bits per heavy atom. The van der Waals surface area contributed by atoms with Crippen LogP contribution in [0.15, 0.2) is 48.7 Å². The zero-order valence-corrected chi connectivity index (χ0v) is 19.1. The molecule has 9 heteroatoms. The number of aromatic nitrogens is 3. The molecule has 0 bridgehead atoms. The zero-order valence-electron chi connectivity index (χ0n) is 18.3. The van der Waals surface area contributed by atoms with Crippen molar-refractivity contribution in [1.29, 1.82) is 0 Å². The van der Waals surface area contributed by atoms with Gasteiger partial charge in [0.05, 0.1) is 23.4 Å². The van der Waals surface area contributed by atoms with Gasteiger partial charge in [0.2, 0.25) is 0 Å². The number of pyridine rings is 1. The van der Waals surface area contributed by atoms with E-state index in [2.05, 4.69) is 19.9 Å². The van der Waals surface area contributed by atoms with Crippen molar-refractivity contribution in [3.05, 3.63) is 59.8 Å². The van der Waals surface area contributed by atoms with Crippen molar-refractivity contribution in [2.75, 3.05) is 26.7 Å². The van der Waals surface area contributed by atoms with E-state index in [9.17, 15) is 9.50 Å². The molecule has 7 nitrogen and oxygen atoms in total. The third-order valence-corrected chi connectivity index (χ3v) is 6.98. The highest BCUT2D eigenvalue weighted by Gasteiger charge is 2.30. The first kappa shape index (κ1) is 22.1. The molecule has 0 aliphatic carbocycles. The van der Waals surface area contributed by atoms with Gasteiger partial charge in [-0.1, -0.05) is 10.6 Å². The molecule has 2 N–H and O–H groups in total. The fraction of sp³-hybridized carbons (Fsp3) is 0.375. The number of hydrogen-bond acceptors (Lipinski definition) is 8. The molecule has 3 atom stereocenters. The zero-order chi connectivity index (χ0) is 22.8. The van der Waals surface area contributed by atoms with E-state index in [-0.39, 0.29) is 12.6 Å². The Hall–Kier alpha value is -2.72. The van der Waals surface area contributed by atoms with Gasteiger partial charge in [0, 0.05) is 37.3 Å². The SMILES string of the molecule is COc1ccc2nccc(C(O)CN3CC[C@@H](NCc4ccc5snnc5c4)[C@@H](F)C3)c2c1. The van der Waals surface area contributed by atoms with Gasteiger partial charge in [0.1, 0.15) is 17.4 Å². The summed E-state index contributed by atoms with van der Waals surface area (Å²) in [7, 11) is 1.61. The van der Waals surface area contributed by atoms with E-state index in [1.165, 1.54) is 11.5 Å². The number of ether oxygens (including phenoxy) is 1. The first-order valence-corrected chi connectivity index (χ1v) is 11.8. The van der Waals surface area contributed by atoms with Gasteiger partial charge >= 0.3 is 0 Å². The minimum Gasteiger partial charge on any atom is -0.497 e. The van der Waals surface area contributed by atoms with Crippen molar-refractivity contribution in [2.24, 2.45) is 0 Å². The first-order chi connectivity index (χ1) is 16.1. The number of methoxy groups -OCH3 is 1. The van der Waals surface area contributed by atoms with Gasteiger partial charge in [-0.05, 0) is 72.0 Å². The number of hydrogen-bond donors (Lipinski definition) is 2. The molecule has 0 saturated carbocycles. The topological polar surface area (TPSA) is 83.4 Å². The molecule has 1 fully saturated rings. The number of fused-ring (bicyclic) bond motifs is 2. The van der Waals surface area contributed by atoms with Crippen molar-refractivity contribution in [3.8, 4) is 5.75 Å². The first-order valence-electron chi connectivity index (χ1n) is 11.0. The van der Waals surface area contributed by atoms with E-state index in [1.54, 1.807) is 13.3 Å². The summed E-state index contributed by atoms with van der Waals surface area (Å²) >= 11 is 1.37. The monoisotopic (exact) mass is 467 g/mol. The van der Waals surface area contributed by atoms with Gasteiger partial charge in [-0.3, -0.25) is 9.88 Å². The summed E-state index contributed by atoms with van der Waals surface area (Å²) in [5, 5.41) is 19.3. The largest absolute Gasteiger partial charge is 0.497 e. The number of benzene rings is 2. The van der Waals surface area contributed by atoms with Crippen molar-refractivity contribution in [3.63, 3.8) is 0 Å². The number of likely N-dealkylation sites (tertiary alicyclic amines) is 1. The standard InChI is InChI=1S/C24H26FN5O2S/c1-32-16-3-4-20-18(11-16)17(6-8-26-20)23(31)14-30-9-7-21(19(25)13-30)27-12-15-2-5-24-22(10-15)28-29-33-24/h2-6,8,10-11,19,21,23,27,31H,7,9,12-14H2,1H3/t19-,21+,23?/m0/s1. The molecule has 1 aliphatic rings.